The number of hydrogen-bond acceptors (Lipinski definition) is 3. The summed E-state index contributed by atoms with van der Waals surface area (Å²) < 4.78 is 1.96. The predicted octanol–water partition coefficient (Wildman–Crippen LogP) is 2.76. The van der Waals surface area contributed by atoms with Crippen LogP contribution in [0.1, 0.15) is 38.3 Å². The minimum Gasteiger partial charge on any atom is -0.380 e. The Kier molecular flexibility index (Phi) is 2.76. The largest absolute Gasteiger partial charge is 0.380 e. The smallest absolute Gasteiger partial charge is 0.148 e. The summed E-state index contributed by atoms with van der Waals surface area (Å²) in [7, 11) is 2.02. The highest BCUT2D eigenvalue weighted by Gasteiger charge is 2.36. The summed E-state index contributed by atoms with van der Waals surface area (Å²) in [5, 5.41) is 11.7. The second-order valence-electron chi connectivity index (χ2n) is 6.32. The highest BCUT2D eigenvalue weighted by Crippen LogP contribution is 2.42. The third-order valence-electron chi connectivity index (χ3n) is 4.83. The number of fused-ring (bicyclic) bond motifs is 1. The molecule has 1 fully saturated rings. The Morgan fingerprint density at radius 3 is 2.61 bits per heavy atom. The fourth-order valence-corrected chi connectivity index (χ4v) is 3.41. The second kappa shape index (κ2) is 4.18. The average molecular weight is 248 g/mol. The van der Waals surface area contributed by atoms with Crippen LogP contribution in [0.2, 0.25) is 0 Å². The van der Waals surface area contributed by atoms with Crippen molar-refractivity contribution in [2.75, 3.05) is 23.7 Å². The van der Waals surface area contributed by atoms with Crippen LogP contribution in [0.15, 0.2) is 0 Å². The van der Waals surface area contributed by atoms with E-state index in [9.17, 15) is 0 Å². The summed E-state index contributed by atoms with van der Waals surface area (Å²) in [5.41, 5.74) is 2.74. The molecule has 0 unspecified atom stereocenters. The summed E-state index contributed by atoms with van der Waals surface area (Å²) in [6, 6.07) is 0. The lowest BCUT2D eigenvalue weighted by Crippen LogP contribution is -2.38. The minimum atomic E-state index is 0.442. The van der Waals surface area contributed by atoms with Gasteiger partial charge in [-0.3, -0.25) is 4.68 Å². The van der Waals surface area contributed by atoms with Crippen LogP contribution in [0.25, 0.3) is 0 Å². The van der Waals surface area contributed by atoms with E-state index >= 15 is 0 Å². The number of rotatable bonds is 0. The van der Waals surface area contributed by atoms with Gasteiger partial charge in [0.1, 0.15) is 11.5 Å². The molecule has 2 heterocycles. The van der Waals surface area contributed by atoms with Crippen LogP contribution in [0.3, 0.4) is 0 Å². The second-order valence-corrected chi connectivity index (χ2v) is 6.32. The van der Waals surface area contributed by atoms with Crippen LogP contribution in [0, 0.1) is 18.3 Å². The quantitative estimate of drug-likeness (QED) is 0.742. The molecule has 0 radical (unpaired) electrons. The Labute approximate surface area is 109 Å². The highest BCUT2D eigenvalue weighted by molar-refractivity contribution is 5.69. The molecule has 1 aliphatic carbocycles. The molecular weight excluding hydrogens is 224 g/mol. The maximum atomic E-state index is 4.47. The van der Waals surface area contributed by atoms with Crippen LogP contribution in [-0.4, -0.2) is 22.9 Å². The molecule has 18 heavy (non-hydrogen) atoms. The number of nitrogens with one attached hydrogen (secondary N) is 2. The lowest BCUT2D eigenvalue weighted by molar-refractivity contribution is 0.185. The predicted molar refractivity (Wildman–Crippen MR) is 75.0 cm³/mol. The molecule has 0 aromatic carbocycles. The molecule has 1 aromatic rings. The van der Waals surface area contributed by atoms with Crippen LogP contribution >= 0.6 is 0 Å². The molecule has 2 aliphatic rings. The Morgan fingerprint density at radius 1 is 1.22 bits per heavy atom. The third-order valence-corrected chi connectivity index (χ3v) is 4.83. The SMILES string of the molecule is Cc1nn(C)c2c1NCC1(CCC(C)CC1)CN2. The van der Waals surface area contributed by atoms with E-state index in [1.54, 1.807) is 0 Å². The van der Waals surface area contributed by atoms with Crippen LogP contribution in [-0.2, 0) is 7.05 Å². The summed E-state index contributed by atoms with van der Waals surface area (Å²) in [6.45, 7) is 6.63. The van der Waals surface area contributed by atoms with Crippen molar-refractivity contribution >= 4 is 11.5 Å². The standard InChI is InChI=1S/C14H24N4/c1-10-4-6-14(7-5-10)8-15-12-11(2)17-18(3)13(12)16-9-14/h10,15-16H,4-9H2,1-3H3. The Bertz CT molecular complexity index is 410. The van der Waals surface area contributed by atoms with Gasteiger partial charge in [-0.15, -0.1) is 0 Å². The molecule has 1 saturated carbocycles. The number of anilines is 2. The van der Waals surface area contributed by atoms with E-state index in [1.807, 2.05) is 11.7 Å². The van der Waals surface area contributed by atoms with Gasteiger partial charge in [0, 0.05) is 25.6 Å². The Hall–Kier alpha value is -1.19. The van der Waals surface area contributed by atoms with Crippen molar-refractivity contribution < 1.29 is 0 Å². The first-order valence-corrected chi connectivity index (χ1v) is 7.11. The first-order valence-electron chi connectivity index (χ1n) is 7.11. The van der Waals surface area contributed by atoms with E-state index in [-0.39, 0.29) is 0 Å². The van der Waals surface area contributed by atoms with Gasteiger partial charge in [0.25, 0.3) is 0 Å². The first kappa shape index (κ1) is 11.9. The van der Waals surface area contributed by atoms with Gasteiger partial charge in [0.05, 0.1) is 5.69 Å². The van der Waals surface area contributed by atoms with Crippen LogP contribution < -0.4 is 10.6 Å². The van der Waals surface area contributed by atoms with Crippen molar-refractivity contribution in [3.8, 4) is 0 Å². The van der Waals surface area contributed by atoms with Gasteiger partial charge < -0.3 is 10.6 Å². The van der Waals surface area contributed by atoms with E-state index in [2.05, 4.69) is 29.6 Å². The fourth-order valence-electron chi connectivity index (χ4n) is 3.41. The lowest BCUT2D eigenvalue weighted by atomic mass is 9.71. The van der Waals surface area contributed by atoms with Crippen LogP contribution in [0.5, 0.6) is 0 Å². The van der Waals surface area contributed by atoms with E-state index in [1.165, 1.54) is 31.4 Å². The number of aromatic nitrogens is 2. The molecule has 2 N–H and O–H groups in total. The van der Waals surface area contributed by atoms with Crippen molar-refractivity contribution in [3.63, 3.8) is 0 Å². The zero-order chi connectivity index (χ0) is 12.8. The molecule has 4 heteroatoms. The van der Waals surface area contributed by atoms with Crippen molar-refractivity contribution in [1.82, 2.24) is 9.78 Å². The number of aryl methyl sites for hydroxylation is 2. The maximum absolute atomic E-state index is 4.47. The van der Waals surface area contributed by atoms with Crippen molar-refractivity contribution in [3.05, 3.63) is 5.69 Å². The normalized spacial score (nSPS) is 31.4. The zero-order valence-corrected chi connectivity index (χ0v) is 11.7. The van der Waals surface area contributed by atoms with E-state index in [0.29, 0.717) is 5.41 Å². The molecule has 1 aliphatic heterocycles. The molecule has 0 amide bonds. The number of nitrogens with zero attached hydrogens (tertiary/aromatic N) is 2. The third kappa shape index (κ3) is 1.88. The minimum absolute atomic E-state index is 0.442. The summed E-state index contributed by atoms with van der Waals surface area (Å²) in [6.07, 6.45) is 5.43. The van der Waals surface area contributed by atoms with E-state index in [0.717, 1.165) is 30.5 Å². The molecule has 0 bridgehead atoms. The van der Waals surface area contributed by atoms with Crippen molar-refractivity contribution in [2.24, 2.45) is 18.4 Å². The van der Waals surface area contributed by atoms with Crippen molar-refractivity contribution in [1.29, 1.82) is 0 Å². The first-order chi connectivity index (χ1) is 8.60. The summed E-state index contributed by atoms with van der Waals surface area (Å²) in [4.78, 5) is 0. The topological polar surface area (TPSA) is 41.9 Å². The Morgan fingerprint density at radius 2 is 1.89 bits per heavy atom. The molecule has 1 aromatic heterocycles. The van der Waals surface area contributed by atoms with E-state index in [4.69, 9.17) is 0 Å². The van der Waals surface area contributed by atoms with Crippen molar-refractivity contribution in [2.45, 2.75) is 39.5 Å². The Balaban J connectivity index is 1.81. The van der Waals surface area contributed by atoms with Gasteiger partial charge >= 0.3 is 0 Å². The van der Waals surface area contributed by atoms with Gasteiger partial charge in [0.15, 0.2) is 0 Å². The zero-order valence-electron chi connectivity index (χ0n) is 11.7. The van der Waals surface area contributed by atoms with Gasteiger partial charge in [-0.1, -0.05) is 19.8 Å². The van der Waals surface area contributed by atoms with Crippen LogP contribution in [0.4, 0.5) is 11.5 Å². The average Bonchev–Trinajstić information content (AvgIpc) is 2.52. The van der Waals surface area contributed by atoms with Gasteiger partial charge in [0.2, 0.25) is 0 Å². The molecule has 3 rings (SSSR count). The molecule has 4 nitrogen and oxygen atoms in total. The lowest BCUT2D eigenvalue weighted by Gasteiger charge is -2.38. The van der Waals surface area contributed by atoms with E-state index < -0.39 is 0 Å². The monoisotopic (exact) mass is 248 g/mol. The molecular formula is C14H24N4. The summed E-state index contributed by atoms with van der Waals surface area (Å²) >= 11 is 0. The van der Waals surface area contributed by atoms with Gasteiger partial charge in [-0.2, -0.15) is 5.10 Å². The molecule has 0 atom stereocenters. The number of hydrogen-bond donors (Lipinski definition) is 2. The molecule has 1 spiro atoms. The summed E-state index contributed by atoms with van der Waals surface area (Å²) in [5.74, 6) is 2.06. The fraction of sp³-hybridized carbons (Fsp3) is 0.786. The van der Waals surface area contributed by atoms with Gasteiger partial charge in [-0.05, 0) is 25.7 Å². The maximum Gasteiger partial charge on any atom is 0.148 e. The molecule has 0 saturated heterocycles. The highest BCUT2D eigenvalue weighted by atomic mass is 15.3. The van der Waals surface area contributed by atoms with Gasteiger partial charge in [-0.25, -0.2) is 0 Å². The molecule has 100 valence electrons.